The molecular weight excluding hydrogens is 250 g/mol. The Bertz CT molecular complexity index is 310. The van der Waals surface area contributed by atoms with Crippen molar-refractivity contribution >= 4 is 23.4 Å². The molecule has 0 unspecified atom stereocenters. The van der Waals surface area contributed by atoms with Gasteiger partial charge in [0.25, 0.3) is 0 Å². The maximum atomic E-state index is 11.1. The predicted octanol–water partition coefficient (Wildman–Crippen LogP) is -1.23. The van der Waals surface area contributed by atoms with E-state index in [4.69, 9.17) is 0 Å². The third kappa shape index (κ3) is 12.5. The fourth-order valence-electron chi connectivity index (χ4n) is 1.28. The fraction of sp³-hybridized carbons (Fsp3) is 0.667. The number of carbonyl (C=O) groups is 4. The highest BCUT2D eigenvalue weighted by Gasteiger charge is 2.04. The van der Waals surface area contributed by atoms with E-state index in [1.807, 2.05) is 0 Å². The second-order valence-corrected chi connectivity index (χ2v) is 4.21. The molecule has 0 saturated heterocycles. The normalized spacial score (nSPS) is 9.79. The lowest BCUT2D eigenvalue weighted by molar-refractivity contribution is -0.128. The molecule has 0 rings (SSSR count). The standard InChI is InChI=1S/C12H21N3O4/c1-9(16)7-11(18)14-5-3-13-4-6-15-12(19)8-10(2)17/h13H,3-8H2,1-2H3,(H,14,18)(H,15,19). The van der Waals surface area contributed by atoms with Gasteiger partial charge in [0, 0.05) is 26.2 Å². The lowest BCUT2D eigenvalue weighted by atomic mass is 10.3. The summed E-state index contributed by atoms with van der Waals surface area (Å²) >= 11 is 0. The predicted molar refractivity (Wildman–Crippen MR) is 69.5 cm³/mol. The average molecular weight is 271 g/mol. The number of nitrogens with one attached hydrogen (secondary N) is 3. The van der Waals surface area contributed by atoms with Crippen LogP contribution in [0.5, 0.6) is 0 Å². The molecule has 0 aromatic heterocycles. The van der Waals surface area contributed by atoms with Crippen molar-refractivity contribution in [1.29, 1.82) is 0 Å². The summed E-state index contributed by atoms with van der Waals surface area (Å²) in [7, 11) is 0. The Hall–Kier alpha value is -1.76. The fourth-order valence-corrected chi connectivity index (χ4v) is 1.28. The van der Waals surface area contributed by atoms with Crippen LogP contribution in [0.1, 0.15) is 26.7 Å². The number of Topliss-reactive ketones (excluding diaryl/α,β-unsaturated/α-hetero) is 2. The van der Waals surface area contributed by atoms with Gasteiger partial charge in [-0.3, -0.25) is 19.2 Å². The van der Waals surface area contributed by atoms with Crippen molar-refractivity contribution in [3.63, 3.8) is 0 Å². The number of carbonyl (C=O) groups excluding carboxylic acids is 4. The van der Waals surface area contributed by atoms with Gasteiger partial charge in [0.1, 0.15) is 11.6 Å². The number of rotatable bonds is 10. The minimum atomic E-state index is -0.288. The van der Waals surface area contributed by atoms with E-state index in [1.54, 1.807) is 0 Å². The largest absolute Gasteiger partial charge is 0.354 e. The Labute approximate surface area is 112 Å². The highest BCUT2D eigenvalue weighted by Crippen LogP contribution is 1.81. The van der Waals surface area contributed by atoms with Crippen LogP contribution in [0.3, 0.4) is 0 Å². The van der Waals surface area contributed by atoms with Gasteiger partial charge < -0.3 is 16.0 Å². The zero-order valence-corrected chi connectivity index (χ0v) is 11.4. The SMILES string of the molecule is CC(=O)CC(=O)NCCNCCNC(=O)CC(C)=O. The summed E-state index contributed by atoms with van der Waals surface area (Å²) in [5, 5.41) is 8.17. The van der Waals surface area contributed by atoms with Crippen LogP contribution in [0.4, 0.5) is 0 Å². The van der Waals surface area contributed by atoms with Gasteiger partial charge in [-0.05, 0) is 13.8 Å². The average Bonchev–Trinajstić information content (AvgIpc) is 2.25. The van der Waals surface area contributed by atoms with Crippen molar-refractivity contribution in [2.24, 2.45) is 0 Å². The first kappa shape index (κ1) is 17.2. The van der Waals surface area contributed by atoms with Crippen LogP contribution in [-0.4, -0.2) is 49.6 Å². The molecule has 7 heteroatoms. The number of hydrogen-bond donors (Lipinski definition) is 3. The summed E-state index contributed by atoms with van der Waals surface area (Å²) in [5.41, 5.74) is 0. The Morgan fingerprint density at radius 2 is 1.05 bits per heavy atom. The minimum Gasteiger partial charge on any atom is -0.354 e. The summed E-state index contributed by atoms with van der Waals surface area (Å²) in [4.78, 5) is 43.4. The maximum Gasteiger partial charge on any atom is 0.227 e. The van der Waals surface area contributed by atoms with Crippen molar-refractivity contribution in [1.82, 2.24) is 16.0 Å². The highest BCUT2D eigenvalue weighted by atomic mass is 16.2. The third-order valence-corrected chi connectivity index (χ3v) is 2.07. The van der Waals surface area contributed by atoms with Crippen LogP contribution in [-0.2, 0) is 19.2 Å². The monoisotopic (exact) mass is 271 g/mol. The van der Waals surface area contributed by atoms with Crippen LogP contribution in [0, 0.1) is 0 Å². The second kappa shape index (κ2) is 10.2. The van der Waals surface area contributed by atoms with Crippen molar-refractivity contribution < 1.29 is 19.2 Å². The van der Waals surface area contributed by atoms with Gasteiger partial charge in [0.2, 0.25) is 11.8 Å². The zero-order chi connectivity index (χ0) is 14.7. The van der Waals surface area contributed by atoms with E-state index in [9.17, 15) is 19.2 Å². The van der Waals surface area contributed by atoms with E-state index in [0.29, 0.717) is 26.2 Å². The maximum absolute atomic E-state index is 11.1. The molecule has 0 aromatic rings. The Morgan fingerprint density at radius 1 is 0.684 bits per heavy atom. The van der Waals surface area contributed by atoms with Crippen molar-refractivity contribution in [3.8, 4) is 0 Å². The molecule has 7 nitrogen and oxygen atoms in total. The van der Waals surface area contributed by atoms with Gasteiger partial charge in [-0.1, -0.05) is 0 Å². The van der Waals surface area contributed by atoms with Crippen molar-refractivity contribution in [2.75, 3.05) is 26.2 Å². The van der Waals surface area contributed by atoms with E-state index in [0.717, 1.165) is 0 Å². The van der Waals surface area contributed by atoms with Crippen LogP contribution >= 0.6 is 0 Å². The van der Waals surface area contributed by atoms with Gasteiger partial charge in [-0.2, -0.15) is 0 Å². The Balaban J connectivity index is 3.36. The molecule has 19 heavy (non-hydrogen) atoms. The Morgan fingerprint density at radius 3 is 1.37 bits per heavy atom. The van der Waals surface area contributed by atoms with E-state index in [2.05, 4.69) is 16.0 Å². The first-order valence-corrected chi connectivity index (χ1v) is 6.14. The minimum absolute atomic E-state index is 0.0961. The molecule has 0 saturated carbocycles. The van der Waals surface area contributed by atoms with Crippen molar-refractivity contribution in [2.45, 2.75) is 26.7 Å². The molecule has 0 heterocycles. The van der Waals surface area contributed by atoms with E-state index in [-0.39, 0.29) is 36.2 Å². The summed E-state index contributed by atoms with van der Waals surface area (Å²) in [6.45, 7) is 4.67. The summed E-state index contributed by atoms with van der Waals surface area (Å²) in [6.07, 6.45) is -0.192. The molecule has 0 aliphatic heterocycles. The molecule has 0 spiro atoms. The summed E-state index contributed by atoms with van der Waals surface area (Å²) in [5.74, 6) is -0.912. The van der Waals surface area contributed by atoms with Gasteiger partial charge in [-0.25, -0.2) is 0 Å². The van der Waals surface area contributed by atoms with E-state index in [1.165, 1.54) is 13.8 Å². The third-order valence-electron chi connectivity index (χ3n) is 2.07. The first-order chi connectivity index (χ1) is 8.91. The Kier molecular flexibility index (Phi) is 9.25. The second-order valence-electron chi connectivity index (χ2n) is 4.21. The summed E-state index contributed by atoms with van der Waals surface area (Å²) < 4.78 is 0. The molecule has 0 atom stereocenters. The molecule has 0 aliphatic rings. The summed E-state index contributed by atoms with van der Waals surface area (Å²) in [6, 6.07) is 0. The van der Waals surface area contributed by atoms with Gasteiger partial charge in [0.15, 0.2) is 0 Å². The molecule has 3 N–H and O–H groups in total. The molecule has 108 valence electrons. The molecule has 0 aliphatic carbocycles. The molecule has 0 aromatic carbocycles. The van der Waals surface area contributed by atoms with Gasteiger partial charge >= 0.3 is 0 Å². The number of amides is 2. The van der Waals surface area contributed by atoms with Crippen LogP contribution in [0.2, 0.25) is 0 Å². The van der Waals surface area contributed by atoms with Crippen LogP contribution < -0.4 is 16.0 Å². The van der Waals surface area contributed by atoms with Crippen LogP contribution in [0.25, 0.3) is 0 Å². The van der Waals surface area contributed by atoms with Crippen molar-refractivity contribution in [3.05, 3.63) is 0 Å². The highest BCUT2D eigenvalue weighted by molar-refractivity contribution is 5.97. The topological polar surface area (TPSA) is 104 Å². The molecule has 0 fully saturated rings. The lowest BCUT2D eigenvalue weighted by Crippen LogP contribution is -2.37. The quantitative estimate of drug-likeness (QED) is 0.341. The molecule has 2 amide bonds. The molecule has 0 radical (unpaired) electrons. The smallest absolute Gasteiger partial charge is 0.227 e. The van der Waals surface area contributed by atoms with Crippen LogP contribution in [0.15, 0.2) is 0 Å². The molecular formula is C12H21N3O4. The van der Waals surface area contributed by atoms with E-state index < -0.39 is 0 Å². The van der Waals surface area contributed by atoms with Gasteiger partial charge in [0.05, 0.1) is 12.8 Å². The first-order valence-electron chi connectivity index (χ1n) is 6.14. The van der Waals surface area contributed by atoms with E-state index >= 15 is 0 Å². The lowest BCUT2D eigenvalue weighted by Gasteiger charge is -2.07. The molecule has 0 bridgehead atoms. The van der Waals surface area contributed by atoms with Gasteiger partial charge in [-0.15, -0.1) is 0 Å². The zero-order valence-electron chi connectivity index (χ0n) is 11.4. The number of ketones is 2. The number of hydrogen-bond acceptors (Lipinski definition) is 5.